The van der Waals surface area contributed by atoms with Crippen molar-refractivity contribution < 1.29 is 9.50 Å². The Balaban J connectivity index is 2.83. The lowest BCUT2D eigenvalue weighted by Gasteiger charge is -1.93. The van der Waals surface area contributed by atoms with E-state index in [4.69, 9.17) is 5.11 Å². The summed E-state index contributed by atoms with van der Waals surface area (Å²) >= 11 is 5.15. The van der Waals surface area contributed by atoms with Gasteiger partial charge in [-0.2, -0.15) is 0 Å². The molecule has 0 fully saturated rings. The fourth-order valence-electron chi connectivity index (χ4n) is 1.03. The Labute approximate surface area is 77.9 Å². The maximum Gasteiger partial charge on any atom is 0.172 e. The van der Waals surface area contributed by atoms with Crippen molar-refractivity contribution in [2.75, 3.05) is 0 Å². The topological polar surface area (TPSA) is 20.2 Å². The maximum atomic E-state index is 12.9. The molecule has 0 bridgehead atoms. The van der Waals surface area contributed by atoms with E-state index >= 15 is 0 Å². The van der Waals surface area contributed by atoms with Crippen LogP contribution in [-0.2, 0) is 0 Å². The molecule has 0 unspecified atom stereocenters. The first-order valence-corrected chi connectivity index (χ1v) is 4.54. The second kappa shape index (κ2) is 2.64. The lowest BCUT2D eigenvalue weighted by atomic mass is 10.2. The molecule has 1 N–H and O–H groups in total. The molecule has 1 nitrogen and oxygen atoms in total. The molecule has 0 spiro atoms. The minimum absolute atomic E-state index is 0.198. The van der Waals surface area contributed by atoms with Crippen LogP contribution in [0.1, 0.15) is 0 Å². The number of hydrogen-bond acceptors (Lipinski definition) is 3. The zero-order chi connectivity index (χ0) is 8.72. The van der Waals surface area contributed by atoms with Crippen LogP contribution in [-0.4, -0.2) is 5.11 Å². The molecule has 1 aromatic heterocycles. The zero-order valence-corrected chi connectivity index (χ0v) is 7.62. The molecule has 0 aliphatic carbocycles. The maximum absolute atomic E-state index is 12.9. The monoisotopic (exact) mass is 200 g/mol. The summed E-state index contributed by atoms with van der Waals surface area (Å²) in [6.07, 6.45) is 0. The Morgan fingerprint density at radius 1 is 1.33 bits per heavy atom. The molecule has 4 heteroatoms. The van der Waals surface area contributed by atoms with Crippen molar-refractivity contribution >= 4 is 34.1 Å². The van der Waals surface area contributed by atoms with Crippen LogP contribution in [0.2, 0.25) is 0 Å². The van der Waals surface area contributed by atoms with Crippen LogP contribution in [0.5, 0.6) is 5.06 Å². The SMILES string of the molecule is Oc1cc2cc(F)c(S)cc2s1. The van der Waals surface area contributed by atoms with E-state index in [1.165, 1.54) is 23.5 Å². The van der Waals surface area contributed by atoms with Crippen LogP contribution in [0.25, 0.3) is 10.1 Å². The molecule has 0 aliphatic rings. The Hall–Kier alpha value is -0.740. The molecule has 12 heavy (non-hydrogen) atoms. The van der Waals surface area contributed by atoms with Crippen molar-refractivity contribution in [1.82, 2.24) is 0 Å². The summed E-state index contributed by atoms with van der Waals surface area (Å²) in [5, 5.41) is 10.0. The van der Waals surface area contributed by atoms with E-state index in [1.54, 1.807) is 6.07 Å². The van der Waals surface area contributed by atoms with Gasteiger partial charge in [0, 0.05) is 9.60 Å². The van der Waals surface area contributed by atoms with E-state index < -0.39 is 0 Å². The number of fused-ring (bicyclic) bond motifs is 1. The van der Waals surface area contributed by atoms with E-state index in [2.05, 4.69) is 12.6 Å². The second-order valence-corrected chi connectivity index (χ2v) is 3.97. The highest BCUT2D eigenvalue weighted by Gasteiger charge is 2.04. The minimum atomic E-state index is -0.358. The molecule has 0 saturated carbocycles. The van der Waals surface area contributed by atoms with Gasteiger partial charge in [-0.25, -0.2) is 4.39 Å². The van der Waals surface area contributed by atoms with Crippen LogP contribution in [0.4, 0.5) is 4.39 Å². The average Bonchev–Trinajstić information content (AvgIpc) is 2.30. The van der Waals surface area contributed by atoms with Crippen LogP contribution in [0.3, 0.4) is 0 Å². The summed E-state index contributed by atoms with van der Waals surface area (Å²) in [5.41, 5.74) is 0. The summed E-state index contributed by atoms with van der Waals surface area (Å²) < 4.78 is 13.8. The normalized spacial score (nSPS) is 10.8. The Kier molecular flexibility index (Phi) is 1.73. The molecule has 0 atom stereocenters. The molecule has 0 saturated heterocycles. The van der Waals surface area contributed by atoms with E-state index in [0.29, 0.717) is 10.3 Å². The van der Waals surface area contributed by atoms with Gasteiger partial charge in [0.2, 0.25) is 0 Å². The number of hydrogen-bond donors (Lipinski definition) is 2. The predicted octanol–water partition coefficient (Wildman–Crippen LogP) is 3.03. The van der Waals surface area contributed by atoms with E-state index in [1.807, 2.05) is 0 Å². The van der Waals surface area contributed by atoms with Gasteiger partial charge in [0.05, 0.1) is 0 Å². The fraction of sp³-hybridized carbons (Fsp3) is 0. The summed E-state index contributed by atoms with van der Waals surface area (Å²) in [5.74, 6) is -0.358. The van der Waals surface area contributed by atoms with Crippen molar-refractivity contribution in [3.63, 3.8) is 0 Å². The standard InChI is InChI=1S/C8H5FOS2/c9-5-1-4-2-8(10)12-7(4)3-6(5)11/h1-3,10-11H. The van der Waals surface area contributed by atoms with Crippen LogP contribution >= 0.6 is 24.0 Å². The minimum Gasteiger partial charge on any atom is -0.499 e. The lowest BCUT2D eigenvalue weighted by Crippen LogP contribution is -1.74. The second-order valence-electron chi connectivity index (χ2n) is 2.43. The molecule has 2 rings (SSSR count). The first-order chi connectivity index (χ1) is 5.66. The molecule has 1 heterocycles. The van der Waals surface area contributed by atoms with E-state index in [0.717, 1.165) is 4.70 Å². The number of thiol groups is 1. The van der Waals surface area contributed by atoms with Gasteiger partial charge in [-0.05, 0) is 23.6 Å². The lowest BCUT2D eigenvalue weighted by molar-refractivity contribution is 0.491. The largest absolute Gasteiger partial charge is 0.499 e. The Bertz CT molecular complexity index is 397. The Morgan fingerprint density at radius 2 is 2.08 bits per heavy atom. The van der Waals surface area contributed by atoms with E-state index in [9.17, 15) is 4.39 Å². The Morgan fingerprint density at radius 3 is 2.83 bits per heavy atom. The van der Waals surface area contributed by atoms with Gasteiger partial charge in [0.25, 0.3) is 0 Å². The highest BCUT2D eigenvalue weighted by Crippen LogP contribution is 2.32. The van der Waals surface area contributed by atoms with Crippen molar-refractivity contribution in [2.24, 2.45) is 0 Å². The summed E-state index contributed by atoms with van der Waals surface area (Å²) in [6, 6.07) is 4.52. The molecule has 2 aromatic rings. The van der Waals surface area contributed by atoms with Crippen molar-refractivity contribution in [2.45, 2.75) is 4.90 Å². The van der Waals surface area contributed by atoms with Gasteiger partial charge in [0.1, 0.15) is 5.82 Å². The number of rotatable bonds is 0. The van der Waals surface area contributed by atoms with Crippen molar-refractivity contribution in [3.05, 3.63) is 24.0 Å². The van der Waals surface area contributed by atoms with Gasteiger partial charge < -0.3 is 5.11 Å². The van der Waals surface area contributed by atoms with Crippen LogP contribution in [0, 0.1) is 5.82 Å². The summed E-state index contributed by atoms with van der Waals surface area (Å²) in [7, 11) is 0. The molecule has 0 radical (unpaired) electrons. The van der Waals surface area contributed by atoms with Gasteiger partial charge in [-0.15, -0.1) is 12.6 Å². The molecular weight excluding hydrogens is 195 g/mol. The number of benzene rings is 1. The molecule has 0 aliphatic heterocycles. The first kappa shape index (κ1) is 7.89. The van der Waals surface area contributed by atoms with Gasteiger partial charge >= 0.3 is 0 Å². The molecular formula is C8H5FOS2. The smallest absolute Gasteiger partial charge is 0.172 e. The third-order valence-corrected chi connectivity index (χ3v) is 2.82. The third kappa shape index (κ3) is 1.17. The predicted molar refractivity (Wildman–Crippen MR) is 50.7 cm³/mol. The van der Waals surface area contributed by atoms with Crippen LogP contribution in [0.15, 0.2) is 23.1 Å². The number of thiophene rings is 1. The van der Waals surface area contributed by atoms with Crippen molar-refractivity contribution in [3.8, 4) is 5.06 Å². The fourth-order valence-corrected chi connectivity index (χ4v) is 2.14. The summed E-state index contributed by atoms with van der Waals surface area (Å²) in [4.78, 5) is 0.310. The van der Waals surface area contributed by atoms with Gasteiger partial charge in [0.15, 0.2) is 5.06 Å². The van der Waals surface area contributed by atoms with Gasteiger partial charge in [-0.1, -0.05) is 11.3 Å². The van der Waals surface area contributed by atoms with Crippen molar-refractivity contribution in [1.29, 1.82) is 0 Å². The zero-order valence-electron chi connectivity index (χ0n) is 5.91. The third-order valence-electron chi connectivity index (χ3n) is 1.57. The molecule has 62 valence electrons. The first-order valence-electron chi connectivity index (χ1n) is 3.28. The van der Waals surface area contributed by atoms with Gasteiger partial charge in [-0.3, -0.25) is 0 Å². The van der Waals surface area contributed by atoms with Crippen LogP contribution < -0.4 is 0 Å². The average molecular weight is 200 g/mol. The highest BCUT2D eigenvalue weighted by molar-refractivity contribution is 7.80. The number of aromatic hydroxyl groups is 1. The summed E-state index contributed by atoms with van der Waals surface area (Å²) in [6.45, 7) is 0. The van der Waals surface area contributed by atoms with E-state index in [-0.39, 0.29) is 10.9 Å². The highest BCUT2D eigenvalue weighted by atomic mass is 32.1. The number of halogens is 1. The quantitative estimate of drug-likeness (QED) is 0.626. The molecule has 0 amide bonds. The molecule has 1 aromatic carbocycles.